The van der Waals surface area contributed by atoms with Crippen LogP contribution in [0, 0.1) is 12.3 Å². The van der Waals surface area contributed by atoms with E-state index in [-0.39, 0.29) is 30.7 Å². The van der Waals surface area contributed by atoms with E-state index in [9.17, 15) is 4.79 Å². The summed E-state index contributed by atoms with van der Waals surface area (Å²) in [5, 5.41) is 0.955. The van der Waals surface area contributed by atoms with Crippen molar-refractivity contribution in [2.24, 2.45) is 11.1 Å². The molecular formula is C15H27Cl2N5O2S. The van der Waals surface area contributed by atoms with Crippen LogP contribution in [0.4, 0.5) is 5.13 Å². The van der Waals surface area contributed by atoms with E-state index < -0.39 is 5.41 Å². The molecule has 3 heterocycles. The molecule has 2 saturated heterocycles. The third-order valence-corrected chi connectivity index (χ3v) is 5.73. The minimum Gasteiger partial charge on any atom is -0.381 e. The molecule has 25 heavy (non-hydrogen) atoms. The molecule has 2 aliphatic heterocycles. The van der Waals surface area contributed by atoms with Crippen molar-refractivity contribution in [3.8, 4) is 0 Å². The minimum absolute atomic E-state index is 0. The number of halogens is 2. The van der Waals surface area contributed by atoms with Crippen LogP contribution in [-0.2, 0) is 9.53 Å². The highest BCUT2D eigenvalue weighted by Gasteiger charge is 2.41. The van der Waals surface area contributed by atoms with Crippen molar-refractivity contribution in [1.82, 2.24) is 14.3 Å². The molecule has 0 saturated carbocycles. The number of carbonyl (C=O) groups excluding carboxylic acids is 1. The number of nitrogens with zero attached hydrogens (tertiary/aromatic N) is 4. The fourth-order valence-corrected chi connectivity index (χ4v) is 4.05. The molecule has 10 heteroatoms. The topological polar surface area (TPSA) is 84.6 Å². The lowest BCUT2D eigenvalue weighted by Crippen LogP contribution is -2.51. The third-order valence-electron chi connectivity index (χ3n) is 4.86. The number of hydrogen-bond acceptors (Lipinski definition) is 7. The summed E-state index contributed by atoms with van der Waals surface area (Å²) in [6.45, 7) is 6.80. The molecule has 0 spiro atoms. The monoisotopic (exact) mass is 411 g/mol. The van der Waals surface area contributed by atoms with E-state index >= 15 is 0 Å². The number of rotatable bonds is 3. The van der Waals surface area contributed by atoms with E-state index in [1.165, 1.54) is 11.5 Å². The maximum absolute atomic E-state index is 13.1. The van der Waals surface area contributed by atoms with Crippen LogP contribution in [0.1, 0.15) is 25.1 Å². The lowest BCUT2D eigenvalue weighted by Gasteiger charge is -2.38. The average molecular weight is 412 g/mol. The normalized spacial score (nSPS) is 20.2. The zero-order chi connectivity index (χ0) is 16.3. The first kappa shape index (κ1) is 22.4. The standard InChI is InChI=1S/C15H25N5O2S.2ClH/c1-12-17-14(23-18-12)20-6-2-5-19(7-8-20)13(21)15(11-16)3-9-22-10-4-15;;/h2-11,16H2,1H3;2*1H. The van der Waals surface area contributed by atoms with Gasteiger partial charge in [0.1, 0.15) is 5.82 Å². The predicted molar refractivity (Wildman–Crippen MR) is 104 cm³/mol. The number of aryl methyl sites for hydroxylation is 1. The summed E-state index contributed by atoms with van der Waals surface area (Å²) in [6.07, 6.45) is 2.41. The van der Waals surface area contributed by atoms with Crippen LogP contribution < -0.4 is 10.6 Å². The molecule has 0 bridgehead atoms. The number of amides is 1. The van der Waals surface area contributed by atoms with Crippen LogP contribution in [0.3, 0.4) is 0 Å². The molecule has 3 rings (SSSR count). The summed E-state index contributed by atoms with van der Waals surface area (Å²) in [5.74, 6) is 1.02. The number of ether oxygens (including phenoxy) is 1. The number of hydrogen-bond donors (Lipinski definition) is 1. The number of nitrogens with two attached hydrogens (primary N) is 1. The van der Waals surface area contributed by atoms with Gasteiger partial charge < -0.3 is 20.3 Å². The van der Waals surface area contributed by atoms with Crippen molar-refractivity contribution in [3.05, 3.63) is 5.82 Å². The zero-order valence-electron chi connectivity index (χ0n) is 14.5. The number of carbonyl (C=O) groups is 1. The molecule has 1 amide bonds. The molecule has 1 aromatic heterocycles. The Kier molecular flexibility index (Phi) is 8.83. The van der Waals surface area contributed by atoms with Gasteiger partial charge in [-0.15, -0.1) is 24.8 Å². The van der Waals surface area contributed by atoms with Crippen LogP contribution in [-0.4, -0.2) is 66.1 Å². The Morgan fingerprint density at radius 3 is 2.56 bits per heavy atom. The van der Waals surface area contributed by atoms with Crippen molar-refractivity contribution in [2.75, 3.05) is 50.8 Å². The Hall–Kier alpha value is -0.670. The smallest absolute Gasteiger partial charge is 0.230 e. The second-order valence-electron chi connectivity index (χ2n) is 6.35. The van der Waals surface area contributed by atoms with Crippen LogP contribution in [0.5, 0.6) is 0 Å². The van der Waals surface area contributed by atoms with Crippen LogP contribution in [0.15, 0.2) is 0 Å². The molecule has 0 unspecified atom stereocenters. The van der Waals surface area contributed by atoms with Gasteiger partial charge in [-0.25, -0.2) is 4.98 Å². The molecule has 0 aromatic carbocycles. The largest absolute Gasteiger partial charge is 0.381 e. The van der Waals surface area contributed by atoms with Crippen LogP contribution >= 0.6 is 36.3 Å². The van der Waals surface area contributed by atoms with Gasteiger partial charge in [0, 0.05) is 57.5 Å². The first-order valence-electron chi connectivity index (χ1n) is 8.27. The molecule has 0 atom stereocenters. The second kappa shape index (κ2) is 9.87. The van der Waals surface area contributed by atoms with Crippen molar-refractivity contribution in [1.29, 1.82) is 0 Å². The fraction of sp³-hybridized carbons (Fsp3) is 0.800. The predicted octanol–water partition coefficient (Wildman–Crippen LogP) is 1.48. The van der Waals surface area contributed by atoms with E-state index in [0.717, 1.165) is 56.4 Å². The van der Waals surface area contributed by atoms with E-state index in [0.29, 0.717) is 19.8 Å². The van der Waals surface area contributed by atoms with Crippen molar-refractivity contribution < 1.29 is 9.53 Å². The highest BCUT2D eigenvalue weighted by molar-refractivity contribution is 7.09. The molecule has 144 valence electrons. The Labute approximate surface area is 165 Å². The molecule has 7 nitrogen and oxygen atoms in total. The third kappa shape index (κ3) is 4.95. The molecule has 2 N–H and O–H groups in total. The van der Waals surface area contributed by atoms with Gasteiger partial charge in [-0.3, -0.25) is 4.79 Å². The van der Waals surface area contributed by atoms with Gasteiger partial charge in [0.2, 0.25) is 11.0 Å². The summed E-state index contributed by atoms with van der Waals surface area (Å²) in [4.78, 5) is 21.7. The maximum Gasteiger partial charge on any atom is 0.230 e. The van der Waals surface area contributed by atoms with E-state index in [1.54, 1.807) is 0 Å². The van der Waals surface area contributed by atoms with Gasteiger partial charge in [0.25, 0.3) is 0 Å². The van der Waals surface area contributed by atoms with E-state index in [2.05, 4.69) is 14.3 Å². The first-order valence-corrected chi connectivity index (χ1v) is 9.04. The molecule has 2 aliphatic rings. The Bertz CT molecular complexity index is 554. The number of aromatic nitrogens is 2. The second-order valence-corrected chi connectivity index (χ2v) is 7.08. The van der Waals surface area contributed by atoms with Crippen molar-refractivity contribution >= 4 is 47.4 Å². The van der Waals surface area contributed by atoms with Crippen LogP contribution in [0.2, 0.25) is 0 Å². The lowest BCUT2D eigenvalue weighted by molar-refractivity contribution is -0.147. The van der Waals surface area contributed by atoms with Crippen LogP contribution in [0.25, 0.3) is 0 Å². The van der Waals surface area contributed by atoms with E-state index in [1.807, 2.05) is 11.8 Å². The highest BCUT2D eigenvalue weighted by Crippen LogP contribution is 2.32. The van der Waals surface area contributed by atoms with Crippen molar-refractivity contribution in [2.45, 2.75) is 26.2 Å². The minimum atomic E-state index is -0.424. The molecular weight excluding hydrogens is 385 g/mol. The summed E-state index contributed by atoms with van der Waals surface area (Å²) < 4.78 is 9.67. The molecule has 2 fully saturated rings. The average Bonchev–Trinajstić information content (AvgIpc) is 2.87. The summed E-state index contributed by atoms with van der Waals surface area (Å²) in [7, 11) is 0. The molecule has 0 aliphatic carbocycles. The number of anilines is 1. The summed E-state index contributed by atoms with van der Waals surface area (Å²) in [6, 6.07) is 0. The Morgan fingerprint density at radius 2 is 1.96 bits per heavy atom. The van der Waals surface area contributed by atoms with E-state index in [4.69, 9.17) is 10.5 Å². The van der Waals surface area contributed by atoms with Gasteiger partial charge in [-0.2, -0.15) is 4.37 Å². The molecule has 0 radical (unpaired) electrons. The highest BCUT2D eigenvalue weighted by atomic mass is 35.5. The van der Waals surface area contributed by atoms with Gasteiger partial charge in [0.05, 0.1) is 5.41 Å². The summed E-state index contributed by atoms with van der Waals surface area (Å²) >= 11 is 1.43. The lowest BCUT2D eigenvalue weighted by atomic mass is 9.79. The SMILES string of the molecule is Cc1nsc(N2CCCN(C(=O)C3(CN)CCOCC3)CC2)n1.Cl.Cl. The quantitative estimate of drug-likeness (QED) is 0.810. The van der Waals surface area contributed by atoms with Gasteiger partial charge in [-0.05, 0) is 26.2 Å². The molecule has 1 aromatic rings. The van der Waals surface area contributed by atoms with Gasteiger partial charge in [-0.1, -0.05) is 0 Å². The Balaban J connectivity index is 0.00000156. The zero-order valence-corrected chi connectivity index (χ0v) is 16.9. The van der Waals surface area contributed by atoms with Gasteiger partial charge in [0.15, 0.2) is 0 Å². The maximum atomic E-state index is 13.1. The van der Waals surface area contributed by atoms with Crippen molar-refractivity contribution in [3.63, 3.8) is 0 Å². The Morgan fingerprint density at radius 1 is 1.24 bits per heavy atom. The summed E-state index contributed by atoms with van der Waals surface area (Å²) in [5.41, 5.74) is 5.55. The first-order chi connectivity index (χ1) is 11.1. The fourth-order valence-electron chi connectivity index (χ4n) is 3.33. The van der Waals surface area contributed by atoms with Gasteiger partial charge >= 0.3 is 0 Å².